The zero-order chi connectivity index (χ0) is 21.5. The summed E-state index contributed by atoms with van der Waals surface area (Å²) in [6.07, 6.45) is 5.60. The predicted molar refractivity (Wildman–Crippen MR) is 111 cm³/mol. The molecule has 1 saturated carbocycles. The molecular formula is C24H28N2O4. The van der Waals surface area contributed by atoms with Crippen LogP contribution in [0, 0.1) is 17.2 Å². The molecule has 0 aliphatic heterocycles. The lowest BCUT2D eigenvalue weighted by Gasteiger charge is -2.36. The van der Waals surface area contributed by atoms with Crippen molar-refractivity contribution >= 4 is 5.97 Å². The topological polar surface area (TPSA) is 103 Å². The first kappa shape index (κ1) is 20.6. The summed E-state index contributed by atoms with van der Waals surface area (Å²) in [5.74, 6) is -0.249. The molecular weight excluding hydrogens is 380 g/mol. The summed E-state index contributed by atoms with van der Waals surface area (Å²) in [6.45, 7) is 4.01. The highest BCUT2D eigenvalue weighted by Crippen LogP contribution is 2.38. The van der Waals surface area contributed by atoms with Crippen molar-refractivity contribution in [2.24, 2.45) is 5.92 Å². The highest BCUT2D eigenvalue weighted by atomic mass is 16.5. The molecule has 3 aliphatic rings. The second kappa shape index (κ2) is 7.90. The normalized spacial score (nSPS) is 27.0. The second-order valence-corrected chi connectivity index (χ2v) is 8.86. The van der Waals surface area contributed by atoms with Gasteiger partial charge in [0, 0.05) is 18.4 Å². The number of allylic oxidation sites excluding steroid dienone is 2. The molecule has 3 aliphatic carbocycles. The molecule has 3 N–H and O–H groups in total. The number of hydrogen-bond acceptors (Lipinski definition) is 5. The van der Waals surface area contributed by atoms with Gasteiger partial charge in [-0.05, 0) is 67.4 Å². The number of carbonyl (C=O) groups is 1. The first-order chi connectivity index (χ1) is 14.3. The number of hydrogen-bond donors (Lipinski definition) is 3. The fraction of sp³-hybridized carbons (Fsp3) is 0.500. The third-order valence-corrected chi connectivity index (χ3v) is 6.70. The van der Waals surface area contributed by atoms with Crippen molar-refractivity contribution in [1.29, 1.82) is 5.26 Å². The standard InChI is InChI=1S/C24H28N2O4/c1-14-6-7-15(2)21(30-19-4-3-5-19)20(14)22(27)26-24(23(28)29)11-17-9-8-16(13-25)10-18(17)12-24/h7-10,14,19,22,26-27H,3-6,11-12H2,1-2H3,(H,28,29). The summed E-state index contributed by atoms with van der Waals surface area (Å²) in [5, 5.41) is 33.5. The first-order valence-corrected chi connectivity index (χ1v) is 10.6. The molecule has 1 fully saturated rings. The predicted octanol–water partition coefficient (Wildman–Crippen LogP) is 3.20. The maximum absolute atomic E-state index is 12.3. The number of rotatable bonds is 6. The lowest BCUT2D eigenvalue weighted by Crippen LogP contribution is -2.58. The maximum atomic E-state index is 12.3. The van der Waals surface area contributed by atoms with Crippen LogP contribution < -0.4 is 5.32 Å². The molecule has 0 heterocycles. The molecule has 6 nitrogen and oxygen atoms in total. The Labute approximate surface area is 176 Å². The Balaban J connectivity index is 1.63. The van der Waals surface area contributed by atoms with Crippen molar-refractivity contribution < 1.29 is 19.7 Å². The first-order valence-electron chi connectivity index (χ1n) is 10.6. The summed E-state index contributed by atoms with van der Waals surface area (Å²) in [7, 11) is 0. The summed E-state index contributed by atoms with van der Waals surface area (Å²) in [4.78, 5) is 12.3. The zero-order valence-corrected chi connectivity index (χ0v) is 17.4. The van der Waals surface area contributed by atoms with Gasteiger partial charge >= 0.3 is 5.97 Å². The summed E-state index contributed by atoms with van der Waals surface area (Å²) < 4.78 is 6.22. The van der Waals surface area contributed by atoms with Gasteiger partial charge < -0.3 is 14.9 Å². The average Bonchev–Trinajstić information content (AvgIpc) is 3.05. The van der Waals surface area contributed by atoms with E-state index in [1.807, 2.05) is 19.9 Å². The van der Waals surface area contributed by atoms with Crippen molar-refractivity contribution in [3.63, 3.8) is 0 Å². The van der Waals surface area contributed by atoms with Crippen LogP contribution in [0.5, 0.6) is 0 Å². The number of ether oxygens (including phenoxy) is 1. The fourth-order valence-electron chi connectivity index (χ4n) is 4.63. The van der Waals surface area contributed by atoms with Gasteiger partial charge in [-0.15, -0.1) is 0 Å². The molecule has 3 atom stereocenters. The molecule has 3 unspecified atom stereocenters. The Morgan fingerprint density at radius 1 is 1.33 bits per heavy atom. The Morgan fingerprint density at radius 2 is 2.07 bits per heavy atom. The molecule has 0 saturated heterocycles. The van der Waals surface area contributed by atoms with E-state index in [0.29, 0.717) is 11.3 Å². The van der Waals surface area contributed by atoms with Crippen LogP contribution in [-0.4, -0.2) is 34.1 Å². The molecule has 1 aromatic rings. The average molecular weight is 408 g/mol. The number of nitrogens with one attached hydrogen (secondary N) is 1. The van der Waals surface area contributed by atoms with E-state index in [1.54, 1.807) is 12.1 Å². The quantitative estimate of drug-likeness (QED) is 0.625. The van der Waals surface area contributed by atoms with E-state index in [4.69, 9.17) is 10.00 Å². The van der Waals surface area contributed by atoms with Crippen LogP contribution in [0.4, 0.5) is 0 Å². The number of aliphatic hydroxyl groups is 1. The monoisotopic (exact) mass is 408 g/mol. The molecule has 1 aromatic carbocycles. The van der Waals surface area contributed by atoms with E-state index >= 15 is 0 Å². The van der Waals surface area contributed by atoms with E-state index in [9.17, 15) is 15.0 Å². The Bertz CT molecular complexity index is 970. The maximum Gasteiger partial charge on any atom is 0.324 e. The van der Waals surface area contributed by atoms with Crippen LogP contribution in [0.1, 0.15) is 56.2 Å². The number of benzene rings is 1. The summed E-state index contributed by atoms with van der Waals surface area (Å²) in [6, 6.07) is 7.37. The van der Waals surface area contributed by atoms with Crippen molar-refractivity contribution in [2.75, 3.05) is 0 Å². The molecule has 0 spiro atoms. The molecule has 0 radical (unpaired) electrons. The van der Waals surface area contributed by atoms with Crippen LogP contribution in [0.15, 0.2) is 41.2 Å². The summed E-state index contributed by atoms with van der Waals surface area (Å²) >= 11 is 0. The molecule has 30 heavy (non-hydrogen) atoms. The minimum absolute atomic E-state index is 0.0473. The van der Waals surface area contributed by atoms with Gasteiger partial charge in [-0.2, -0.15) is 5.26 Å². The molecule has 6 heteroatoms. The zero-order valence-electron chi connectivity index (χ0n) is 17.4. The molecule has 0 amide bonds. The number of fused-ring (bicyclic) bond motifs is 1. The lowest BCUT2D eigenvalue weighted by atomic mass is 9.85. The largest absolute Gasteiger partial charge is 0.490 e. The van der Waals surface area contributed by atoms with Crippen LogP contribution >= 0.6 is 0 Å². The van der Waals surface area contributed by atoms with Crippen LogP contribution in [0.25, 0.3) is 0 Å². The number of carboxylic acids is 1. The minimum atomic E-state index is -1.32. The van der Waals surface area contributed by atoms with Crippen LogP contribution in [-0.2, 0) is 22.4 Å². The highest BCUT2D eigenvalue weighted by molar-refractivity contribution is 5.81. The Morgan fingerprint density at radius 3 is 2.70 bits per heavy atom. The van der Waals surface area contributed by atoms with Crippen molar-refractivity contribution in [2.45, 2.75) is 70.2 Å². The van der Waals surface area contributed by atoms with Gasteiger partial charge in [0.2, 0.25) is 0 Å². The number of aliphatic hydroxyl groups excluding tert-OH is 1. The minimum Gasteiger partial charge on any atom is -0.490 e. The highest BCUT2D eigenvalue weighted by Gasteiger charge is 2.46. The third-order valence-electron chi connectivity index (χ3n) is 6.70. The lowest BCUT2D eigenvalue weighted by molar-refractivity contribution is -0.146. The molecule has 4 rings (SSSR count). The van der Waals surface area contributed by atoms with Gasteiger partial charge in [0.15, 0.2) is 0 Å². The number of nitriles is 1. The number of carboxylic acid groups (broad SMARTS) is 1. The number of nitrogens with zero attached hydrogens (tertiary/aromatic N) is 1. The van der Waals surface area contributed by atoms with Gasteiger partial charge in [0.25, 0.3) is 0 Å². The third kappa shape index (κ3) is 3.64. The molecule has 158 valence electrons. The van der Waals surface area contributed by atoms with Crippen molar-refractivity contribution in [3.8, 4) is 6.07 Å². The second-order valence-electron chi connectivity index (χ2n) is 8.86. The van der Waals surface area contributed by atoms with E-state index in [1.165, 1.54) is 0 Å². The number of aliphatic carboxylic acids is 1. The molecule has 0 bridgehead atoms. The van der Waals surface area contributed by atoms with Crippen LogP contribution in [0.2, 0.25) is 0 Å². The fourth-order valence-corrected chi connectivity index (χ4v) is 4.63. The van der Waals surface area contributed by atoms with E-state index in [2.05, 4.69) is 17.5 Å². The van der Waals surface area contributed by atoms with Gasteiger partial charge in [-0.3, -0.25) is 10.1 Å². The SMILES string of the molecule is CC1=CCC(C)C(C(O)NC2(C(=O)O)Cc3ccc(C#N)cc3C2)=C1OC1CCC1. The molecule has 0 aromatic heterocycles. The van der Waals surface area contributed by atoms with Gasteiger partial charge in [0.05, 0.1) is 17.7 Å². The Kier molecular flexibility index (Phi) is 5.44. The van der Waals surface area contributed by atoms with Gasteiger partial charge in [-0.1, -0.05) is 19.1 Å². The van der Waals surface area contributed by atoms with E-state index in [0.717, 1.165) is 48.0 Å². The van der Waals surface area contributed by atoms with Gasteiger partial charge in [-0.25, -0.2) is 0 Å². The van der Waals surface area contributed by atoms with E-state index < -0.39 is 17.7 Å². The Hall–Kier alpha value is -2.62. The smallest absolute Gasteiger partial charge is 0.324 e. The van der Waals surface area contributed by atoms with Crippen molar-refractivity contribution in [3.05, 3.63) is 57.9 Å². The van der Waals surface area contributed by atoms with E-state index in [-0.39, 0.29) is 24.9 Å². The van der Waals surface area contributed by atoms with Crippen LogP contribution in [0.3, 0.4) is 0 Å². The van der Waals surface area contributed by atoms with Crippen molar-refractivity contribution in [1.82, 2.24) is 5.32 Å². The summed E-state index contributed by atoms with van der Waals surface area (Å²) in [5.41, 5.74) is 2.65. The van der Waals surface area contributed by atoms with Gasteiger partial charge in [0.1, 0.15) is 17.5 Å².